The van der Waals surface area contributed by atoms with Crippen molar-refractivity contribution in [3.8, 4) is 0 Å². The maximum Gasteiger partial charge on any atom is 0.262 e. The molecule has 1 aromatic carbocycles. The van der Waals surface area contributed by atoms with Gasteiger partial charge in [0, 0.05) is 6.08 Å². The van der Waals surface area contributed by atoms with Gasteiger partial charge in [-0.05, 0) is 22.6 Å². The summed E-state index contributed by atoms with van der Waals surface area (Å²) in [6.07, 6.45) is 6.09. The molecule has 1 aromatic heterocycles. The van der Waals surface area contributed by atoms with Crippen LogP contribution in [0.2, 0.25) is 0 Å². The zero-order valence-corrected chi connectivity index (χ0v) is 11.9. The van der Waals surface area contributed by atoms with E-state index in [4.69, 9.17) is 0 Å². The first-order valence-electron chi connectivity index (χ1n) is 6.39. The molecule has 0 aliphatic heterocycles. The number of rotatable bonds is 3. The Labute approximate surface area is 118 Å². The third-order valence-corrected chi connectivity index (χ3v) is 2.86. The average molecular weight is 270 g/mol. The van der Waals surface area contributed by atoms with Crippen LogP contribution in [0.4, 0.5) is 0 Å². The van der Waals surface area contributed by atoms with E-state index in [1.165, 1.54) is 29.0 Å². The summed E-state index contributed by atoms with van der Waals surface area (Å²) in [5.41, 5.74) is 4.98. The molecule has 5 nitrogen and oxygen atoms in total. The van der Waals surface area contributed by atoms with Crippen molar-refractivity contribution in [3.63, 3.8) is 0 Å². The van der Waals surface area contributed by atoms with Crippen LogP contribution < -0.4 is 5.43 Å². The highest BCUT2D eigenvalue weighted by Gasteiger charge is 2.12. The Kier molecular flexibility index (Phi) is 3.98. The molecule has 1 N–H and O–H groups in total. The van der Waals surface area contributed by atoms with Crippen molar-refractivity contribution in [1.29, 1.82) is 0 Å². The summed E-state index contributed by atoms with van der Waals surface area (Å²) in [6, 6.07) is 8.17. The van der Waals surface area contributed by atoms with E-state index < -0.39 is 0 Å². The van der Waals surface area contributed by atoms with Crippen LogP contribution in [0.3, 0.4) is 0 Å². The van der Waals surface area contributed by atoms with Gasteiger partial charge in [0.05, 0.1) is 0 Å². The van der Waals surface area contributed by atoms with Crippen LogP contribution >= 0.6 is 0 Å². The topological polar surface area (TPSA) is 59.8 Å². The molecule has 0 fully saturated rings. The fourth-order valence-corrected chi connectivity index (χ4v) is 1.69. The maximum absolute atomic E-state index is 11.6. The van der Waals surface area contributed by atoms with Crippen molar-refractivity contribution in [3.05, 3.63) is 54.1 Å². The number of amides is 1. The molecule has 0 saturated heterocycles. The van der Waals surface area contributed by atoms with Crippen molar-refractivity contribution < 1.29 is 4.79 Å². The monoisotopic (exact) mass is 270 g/mol. The molecule has 1 heterocycles. The number of benzene rings is 1. The number of aromatic nitrogens is 3. The van der Waals surface area contributed by atoms with Crippen molar-refractivity contribution in [2.45, 2.75) is 26.2 Å². The third kappa shape index (κ3) is 3.78. The summed E-state index contributed by atoms with van der Waals surface area (Å²) in [5, 5.41) is 7.20. The summed E-state index contributed by atoms with van der Waals surface area (Å²) in [4.78, 5) is 11.6. The van der Waals surface area contributed by atoms with Crippen LogP contribution in [0.5, 0.6) is 0 Å². The second-order valence-corrected chi connectivity index (χ2v) is 5.55. The molecule has 0 aliphatic carbocycles. The Hall–Kier alpha value is -2.43. The lowest BCUT2D eigenvalue weighted by molar-refractivity contribution is -0.112. The predicted molar refractivity (Wildman–Crippen MR) is 78.6 cm³/mol. The van der Waals surface area contributed by atoms with E-state index in [9.17, 15) is 4.79 Å². The van der Waals surface area contributed by atoms with E-state index in [0.717, 1.165) is 5.56 Å². The molecule has 0 atom stereocenters. The first-order valence-corrected chi connectivity index (χ1v) is 6.39. The lowest BCUT2D eigenvalue weighted by atomic mass is 9.87. The smallest absolute Gasteiger partial charge is 0.262 e. The zero-order chi connectivity index (χ0) is 14.6. The summed E-state index contributed by atoms with van der Waals surface area (Å²) < 4.78 is 1.40. The molecule has 2 rings (SSSR count). The van der Waals surface area contributed by atoms with Crippen LogP contribution in [-0.2, 0) is 10.2 Å². The van der Waals surface area contributed by atoms with Crippen molar-refractivity contribution in [2.75, 3.05) is 5.43 Å². The van der Waals surface area contributed by atoms with Gasteiger partial charge in [-0.3, -0.25) is 10.2 Å². The Bertz CT molecular complexity index is 592. The van der Waals surface area contributed by atoms with Gasteiger partial charge in [-0.1, -0.05) is 45.0 Å². The summed E-state index contributed by atoms with van der Waals surface area (Å²) in [7, 11) is 0. The van der Waals surface area contributed by atoms with Crippen LogP contribution in [0.25, 0.3) is 6.08 Å². The Balaban J connectivity index is 1.99. The number of nitrogens with zero attached hydrogens (tertiary/aromatic N) is 3. The number of carbonyl (C=O) groups is 1. The summed E-state index contributed by atoms with van der Waals surface area (Å²) >= 11 is 0. The molecule has 0 radical (unpaired) electrons. The van der Waals surface area contributed by atoms with E-state index in [1.54, 1.807) is 6.08 Å². The Morgan fingerprint density at radius 2 is 1.75 bits per heavy atom. The average Bonchev–Trinajstić information content (AvgIpc) is 2.88. The Morgan fingerprint density at radius 3 is 2.30 bits per heavy atom. The molecular formula is C15H18N4O. The molecule has 2 aromatic rings. The van der Waals surface area contributed by atoms with Gasteiger partial charge in [-0.25, -0.2) is 4.68 Å². The minimum atomic E-state index is -0.232. The van der Waals surface area contributed by atoms with Crippen LogP contribution in [0, 0.1) is 0 Å². The minimum Gasteiger partial charge on any atom is -0.268 e. The fraction of sp³-hybridized carbons (Fsp3) is 0.267. The van der Waals surface area contributed by atoms with Gasteiger partial charge in [0.1, 0.15) is 12.7 Å². The van der Waals surface area contributed by atoms with E-state index in [0.29, 0.717) is 0 Å². The van der Waals surface area contributed by atoms with Gasteiger partial charge in [-0.2, -0.15) is 0 Å². The number of nitrogens with one attached hydrogen (secondary N) is 1. The summed E-state index contributed by atoms with van der Waals surface area (Å²) in [5.74, 6) is -0.232. The molecular weight excluding hydrogens is 252 g/mol. The van der Waals surface area contributed by atoms with Gasteiger partial charge >= 0.3 is 0 Å². The first-order chi connectivity index (χ1) is 9.45. The second kappa shape index (κ2) is 5.69. The van der Waals surface area contributed by atoms with Crippen molar-refractivity contribution in [2.24, 2.45) is 0 Å². The van der Waals surface area contributed by atoms with E-state index in [2.05, 4.69) is 48.5 Å². The van der Waals surface area contributed by atoms with E-state index in [1.807, 2.05) is 12.1 Å². The predicted octanol–water partition coefficient (Wildman–Crippen LogP) is 2.36. The molecule has 0 saturated carbocycles. The summed E-state index contributed by atoms with van der Waals surface area (Å²) in [6.45, 7) is 6.51. The molecule has 104 valence electrons. The quantitative estimate of drug-likeness (QED) is 0.871. The van der Waals surface area contributed by atoms with E-state index in [-0.39, 0.29) is 11.3 Å². The number of hydrogen-bond donors (Lipinski definition) is 1. The lowest BCUT2D eigenvalue weighted by Gasteiger charge is -2.18. The SMILES string of the molecule is CC(C)(C)c1ccc(C=CC(=O)Nn2cnnc2)cc1. The zero-order valence-electron chi connectivity index (χ0n) is 11.9. The van der Waals surface area contributed by atoms with Gasteiger partial charge in [0.15, 0.2) is 0 Å². The van der Waals surface area contributed by atoms with Crippen LogP contribution in [-0.4, -0.2) is 20.8 Å². The first kappa shape index (κ1) is 14.0. The highest BCUT2D eigenvalue weighted by molar-refractivity contribution is 5.97. The molecule has 0 aliphatic rings. The van der Waals surface area contributed by atoms with Crippen molar-refractivity contribution in [1.82, 2.24) is 14.9 Å². The van der Waals surface area contributed by atoms with Crippen LogP contribution in [0.15, 0.2) is 43.0 Å². The molecule has 5 heteroatoms. The second-order valence-electron chi connectivity index (χ2n) is 5.55. The number of carbonyl (C=O) groups excluding carboxylic acids is 1. The normalized spacial score (nSPS) is 11.8. The lowest BCUT2D eigenvalue weighted by Crippen LogP contribution is -2.18. The Morgan fingerprint density at radius 1 is 1.15 bits per heavy atom. The van der Waals surface area contributed by atoms with Gasteiger partial charge < -0.3 is 0 Å². The molecule has 0 spiro atoms. The standard InChI is InChI=1S/C15H18N4O/c1-15(2,3)13-7-4-12(5-8-13)6-9-14(20)18-19-10-16-17-11-19/h4-11H,1-3H3,(H,18,20). The molecule has 0 unspecified atom stereocenters. The van der Waals surface area contributed by atoms with Gasteiger partial charge in [-0.15, -0.1) is 10.2 Å². The fourth-order valence-electron chi connectivity index (χ4n) is 1.69. The molecule has 20 heavy (non-hydrogen) atoms. The highest BCUT2D eigenvalue weighted by atomic mass is 16.2. The highest BCUT2D eigenvalue weighted by Crippen LogP contribution is 2.22. The molecule has 0 bridgehead atoms. The van der Waals surface area contributed by atoms with Gasteiger partial charge in [0.2, 0.25) is 0 Å². The van der Waals surface area contributed by atoms with Gasteiger partial charge in [0.25, 0.3) is 5.91 Å². The molecule has 1 amide bonds. The van der Waals surface area contributed by atoms with Crippen molar-refractivity contribution >= 4 is 12.0 Å². The minimum absolute atomic E-state index is 0.133. The van der Waals surface area contributed by atoms with Crippen LogP contribution in [0.1, 0.15) is 31.9 Å². The van der Waals surface area contributed by atoms with E-state index >= 15 is 0 Å². The maximum atomic E-state index is 11.6. The third-order valence-electron chi connectivity index (χ3n) is 2.86. The largest absolute Gasteiger partial charge is 0.268 e. The number of hydrogen-bond acceptors (Lipinski definition) is 3.